The molecule has 106 valence electrons. The Morgan fingerprint density at radius 3 is 2.71 bits per heavy atom. The van der Waals surface area contributed by atoms with Crippen molar-refractivity contribution in [3.63, 3.8) is 0 Å². The highest BCUT2D eigenvalue weighted by atomic mass is 35.5. The molecule has 2 heterocycles. The van der Waals surface area contributed by atoms with E-state index in [9.17, 15) is 10.1 Å². The van der Waals surface area contributed by atoms with Gasteiger partial charge in [-0.3, -0.25) is 10.1 Å². The van der Waals surface area contributed by atoms with Crippen LogP contribution >= 0.6 is 22.9 Å². The molecule has 0 saturated carbocycles. The molecule has 2 aromatic heterocycles. The van der Waals surface area contributed by atoms with Crippen LogP contribution in [-0.2, 0) is 6.54 Å². The van der Waals surface area contributed by atoms with Crippen LogP contribution in [0.1, 0.15) is 5.56 Å². The molecule has 0 saturated heterocycles. The number of hydrogen-bond donors (Lipinski definition) is 1. The SMILES string of the molecule is O=[N+]([O-])c1ccc(CNc2nc(Cl)nc3sccc23)cc1. The van der Waals surface area contributed by atoms with Gasteiger partial charge in [0, 0.05) is 18.7 Å². The summed E-state index contributed by atoms with van der Waals surface area (Å²) in [7, 11) is 0. The van der Waals surface area contributed by atoms with Gasteiger partial charge in [-0.15, -0.1) is 11.3 Å². The molecule has 0 radical (unpaired) electrons. The van der Waals surface area contributed by atoms with Gasteiger partial charge in [-0.2, -0.15) is 0 Å². The first-order valence-corrected chi connectivity index (χ1v) is 7.27. The lowest BCUT2D eigenvalue weighted by Crippen LogP contribution is -2.02. The summed E-state index contributed by atoms with van der Waals surface area (Å²) in [6, 6.07) is 8.29. The van der Waals surface area contributed by atoms with Crippen LogP contribution in [0.15, 0.2) is 35.7 Å². The largest absolute Gasteiger partial charge is 0.365 e. The van der Waals surface area contributed by atoms with E-state index in [4.69, 9.17) is 11.6 Å². The third kappa shape index (κ3) is 2.93. The zero-order valence-corrected chi connectivity index (χ0v) is 12.2. The normalized spacial score (nSPS) is 10.7. The molecule has 1 N–H and O–H groups in total. The molecule has 21 heavy (non-hydrogen) atoms. The number of hydrogen-bond acceptors (Lipinski definition) is 6. The lowest BCUT2D eigenvalue weighted by atomic mass is 10.2. The van der Waals surface area contributed by atoms with Crippen molar-refractivity contribution >= 4 is 44.7 Å². The lowest BCUT2D eigenvalue weighted by Gasteiger charge is -2.07. The summed E-state index contributed by atoms with van der Waals surface area (Å²) in [4.78, 5) is 19.3. The lowest BCUT2D eigenvalue weighted by molar-refractivity contribution is -0.384. The molecule has 0 spiro atoms. The maximum absolute atomic E-state index is 10.6. The van der Waals surface area contributed by atoms with E-state index < -0.39 is 4.92 Å². The van der Waals surface area contributed by atoms with E-state index in [2.05, 4.69) is 15.3 Å². The van der Waals surface area contributed by atoms with Crippen molar-refractivity contribution in [1.82, 2.24) is 9.97 Å². The van der Waals surface area contributed by atoms with E-state index in [1.807, 2.05) is 11.4 Å². The summed E-state index contributed by atoms with van der Waals surface area (Å²) in [6.45, 7) is 0.496. The molecule has 0 bridgehead atoms. The molecule has 0 aliphatic heterocycles. The van der Waals surface area contributed by atoms with Gasteiger partial charge < -0.3 is 5.32 Å². The highest BCUT2D eigenvalue weighted by Gasteiger charge is 2.08. The van der Waals surface area contributed by atoms with E-state index >= 15 is 0 Å². The van der Waals surface area contributed by atoms with E-state index in [-0.39, 0.29) is 11.0 Å². The topological polar surface area (TPSA) is 81.0 Å². The number of fused-ring (bicyclic) bond motifs is 1. The second kappa shape index (κ2) is 5.63. The van der Waals surface area contributed by atoms with Crippen LogP contribution in [0.25, 0.3) is 10.2 Å². The van der Waals surface area contributed by atoms with Crippen molar-refractivity contribution in [1.29, 1.82) is 0 Å². The summed E-state index contributed by atoms with van der Waals surface area (Å²) in [5, 5.41) is 16.8. The predicted octanol–water partition coefficient (Wildman–Crippen LogP) is 3.87. The summed E-state index contributed by atoms with van der Waals surface area (Å²) in [6.07, 6.45) is 0. The highest BCUT2D eigenvalue weighted by Crippen LogP contribution is 2.26. The van der Waals surface area contributed by atoms with Gasteiger partial charge in [-0.25, -0.2) is 9.97 Å². The molecule has 0 atom stereocenters. The molecule has 6 nitrogen and oxygen atoms in total. The van der Waals surface area contributed by atoms with Crippen LogP contribution in [-0.4, -0.2) is 14.9 Å². The van der Waals surface area contributed by atoms with Gasteiger partial charge in [0.1, 0.15) is 10.6 Å². The number of rotatable bonds is 4. The van der Waals surface area contributed by atoms with Gasteiger partial charge in [-0.05, 0) is 28.6 Å². The monoisotopic (exact) mass is 320 g/mol. The van der Waals surface area contributed by atoms with Crippen molar-refractivity contribution in [2.24, 2.45) is 0 Å². The Hall–Kier alpha value is -2.25. The maximum atomic E-state index is 10.6. The van der Waals surface area contributed by atoms with Crippen molar-refractivity contribution in [2.45, 2.75) is 6.54 Å². The van der Waals surface area contributed by atoms with Crippen LogP contribution in [0.3, 0.4) is 0 Å². The van der Waals surface area contributed by atoms with Gasteiger partial charge >= 0.3 is 0 Å². The molecule has 8 heteroatoms. The minimum absolute atomic E-state index is 0.0732. The fourth-order valence-electron chi connectivity index (χ4n) is 1.89. The van der Waals surface area contributed by atoms with E-state index in [0.717, 1.165) is 15.8 Å². The summed E-state index contributed by atoms with van der Waals surface area (Å²) >= 11 is 7.38. The Kier molecular flexibility index (Phi) is 3.68. The van der Waals surface area contributed by atoms with Gasteiger partial charge in [-0.1, -0.05) is 12.1 Å². The minimum Gasteiger partial charge on any atom is -0.365 e. The molecule has 0 amide bonds. The minimum atomic E-state index is -0.420. The second-order valence-corrected chi connectivity index (χ2v) is 5.49. The van der Waals surface area contributed by atoms with Crippen molar-refractivity contribution in [3.8, 4) is 0 Å². The molecular weight excluding hydrogens is 312 g/mol. The van der Waals surface area contributed by atoms with E-state index in [1.54, 1.807) is 12.1 Å². The van der Waals surface area contributed by atoms with Crippen LogP contribution in [0.4, 0.5) is 11.5 Å². The molecule has 1 aromatic carbocycles. The predicted molar refractivity (Wildman–Crippen MR) is 82.8 cm³/mol. The molecule has 3 aromatic rings. The summed E-state index contributed by atoms with van der Waals surface area (Å²) < 4.78 is 0. The fraction of sp³-hybridized carbons (Fsp3) is 0.0769. The molecular formula is C13H9ClN4O2S. The van der Waals surface area contributed by atoms with Crippen LogP contribution in [0, 0.1) is 10.1 Å². The Morgan fingerprint density at radius 2 is 2.00 bits per heavy atom. The third-order valence-electron chi connectivity index (χ3n) is 2.90. The summed E-state index contributed by atoms with van der Waals surface area (Å²) in [5.41, 5.74) is 0.989. The first-order chi connectivity index (χ1) is 10.1. The Balaban J connectivity index is 1.80. The quantitative estimate of drug-likeness (QED) is 0.448. The maximum Gasteiger partial charge on any atom is 0.269 e. The first kappa shape index (κ1) is 13.7. The van der Waals surface area contributed by atoms with Gasteiger partial charge in [0.15, 0.2) is 0 Å². The Bertz CT molecular complexity index is 804. The van der Waals surface area contributed by atoms with Crippen molar-refractivity contribution in [3.05, 3.63) is 56.7 Å². The third-order valence-corrected chi connectivity index (χ3v) is 3.88. The van der Waals surface area contributed by atoms with Gasteiger partial charge in [0.2, 0.25) is 5.28 Å². The standard InChI is InChI=1S/C13H9ClN4O2S/c14-13-16-11(10-5-6-21-12(10)17-13)15-7-8-1-3-9(4-2-8)18(19)20/h1-6H,7H2,(H,15,16,17). The number of benzene rings is 1. The number of nitro groups is 1. The Morgan fingerprint density at radius 1 is 1.24 bits per heavy atom. The molecule has 0 aliphatic rings. The van der Waals surface area contributed by atoms with Crippen LogP contribution in [0.5, 0.6) is 0 Å². The zero-order chi connectivity index (χ0) is 14.8. The molecule has 0 fully saturated rings. The number of non-ortho nitro benzene ring substituents is 1. The average Bonchev–Trinajstić information content (AvgIpc) is 2.93. The van der Waals surface area contributed by atoms with Gasteiger partial charge in [0.05, 0.1) is 10.3 Å². The fourth-order valence-corrected chi connectivity index (χ4v) is 2.87. The number of anilines is 1. The van der Waals surface area contributed by atoms with Crippen LogP contribution < -0.4 is 5.32 Å². The number of halogens is 1. The zero-order valence-electron chi connectivity index (χ0n) is 10.6. The second-order valence-electron chi connectivity index (χ2n) is 4.26. The molecule has 3 rings (SSSR count). The first-order valence-electron chi connectivity index (χ1n) is 6.01. The van der Waals surface area contributed by atoms with Crippen LogP contribution in [0.2, 0.25) is 5.28 Å². The number of aromatic nitrogens is 2. The number of thiophene rings is 1. The highest BCUT2D eigenvalue weighted by molar-refractivity contribution is 7.16. The molecule has 0 aliphatic carbocycles. The number of nitro benzene ring substituents is 1. The number of nitrogens with zero attached hydrogens (tertiary/aromatic N) is 3. The Labute approximate surface area is 128 Å². The molecule has 0 unspecified atom stereocenters. The van der Waals surface area contributed by atoms with E-state index in [0.29, 0.717) is 12.4 Å². The smallest absolute Gasteiger partial charge is 0.269 e. The number of nitrogens with one attached hydrogen (secondary N) is 1. The van der Waals surface area contributed by atoms with Crippen molar-refractivity contribution in [2.75, 3.05) is 5.32 Å². The average molecular weight is 321 g/mol. The van der Waals surface area contributed by atoms with E-state index in [1.165, 1.54) is 23.5 Å². The van der Waals surface area contributed by atoms with Crippen molar-refractivity contribution < 1.29 is 4.92 Å². The summed E-state index contributed by atoms with van der Waals surface area (Å²) in [5.74, 6) is 0.657. The van der Waals surface area contributed by atoms with Gasteiger partial charge in [0.25, 0.3) is 5.69 Å².